The molecule has 1 aliphatic rings. The highest BCUT2D eigenvalue weighted by molar-refractivity contribution is 5.91. The summed E-state index contributed by atoms with van der Waals surface area (Å²) in [5, 5.41) is 5.66. The number of alkyl halides is 3. The molecule has 1 fully saturated rings. The number of pyridine rings is 2. The van der Waals surface area contributed by atoms with E-state index in [9.17, 15) is 22.4 Å². The third-order valence-electron chi connectivity index (χ3n) is 4.67. The Hall–Kier alpha value is -3.38. The zero-order valence-corrected chi connectivity index (χ0v) is 16.6. The Morgan fingerprint density at radius 3 is 2.88 bits per heavy atom. The third-order valence-corrected chi connectivity index (χ3v) is 4.67. The van der Waals surface area contributed by atoms with Gasteiger partial charge in [0, 0.05) is 18.8 Å². The molecule has 0 spiro atoms. The molecule has 1 aliphatic heterocycles. The van der Waals surface area contributed by atoms with Gasteiger partial charge in [-0.25, -0.2) is 19.3 Å². The molecule has 8 nitrogen and oxygen atoms in total. The van der Waals surface area contributed by atoms with Crippen LogP contribution in [-0.2, 0) is 22.1 Å². The molecule has 2 N–H and O–H groups in total. The molecular weight excluding hydrogens is 432 g/mol. The second-order valence-electron chi connectivity index (χ2n) is 7.05. The lowest BCUT2D eigenvalue weighted by Gasteiger charge is -2.21. The van der Waals surface area contributed by atoms with E-state index in [0.29, 0.717) is 25.5 Å². The van der Waals surface area contributed by atoms with Crippen molar-refractivity contribution in [3.8, 4) is 5.82 Å². The first-order valence-corrected chi connectivity index (χ1v) is 9.63. The second kappa shape index (κ2) is 9.01. The monoisotopic (exact) mass is 450 g/mol. The summed E-state index contributed by atoms with van der Waals surface area (Å²) < 4.78 is 59.7. The van der Waals surface area contributed by atoms with Gasteiger partial charge in [0.15, 0.2) is 11.6 Å². The zero-order chi connectivity index (χ0) is 22.7. The lowest BCUT2D eigenvalue weighted by atomic mass is 10.2. The van der Waals surface area contributed by atoms with Crippen molar-refractivity contribution in [2.75, 3.05) is 25.1 Å². The molecule has 0 unspecified atom stereocenters. The molecule has 32 heavy (non-hydrogen) atoms. The van der Waals surface area contributed by atoms with E-state index in [1.165, 1.54) is 29.2 Å². The number of ether oxygens (including phenoxy) is 1. The van der Waals surface area contributed by atoms with Crippen LogP contribution in [0.25, 0.3) is 5.82 Å². The summed E-state index contributed by atoms with van der Waals surface area (Å²) in [6.07, 6.45) is -0.710. The van der Waals surface area contributed by atoms with Gasteiger partial charge in [-0.05, 0) is 12.1 Å². The number of hydrogen-bond donors (Lipinski definition) is 2. The fourth-order valence-electron chi connectivity index (χ4n) is 3.18. The van der Waals surface area contributed by atoms with Crippen LogP contribution in [0.4, 0.5) is 23.2 Å². The van der Waals surface area contributed by atoms with Crippen molar-refractivity contribution in [2.24, 2.45) is 0 Å². The molecule has 4 rings (SSSR count). The number of rotatable bonds is 5. The maximum Gasteiger partial charge on any atom is 0.433 e. The van der Waals surface area contributed by atoms with Crippen molar-refractivity contribution in [3.05, 3.63) is 65.9 Å². The van der Waals surface area contributed by atoms with E-state index >= 15 is 0 Å². The lowest BCUT2D eigenvalue weighted by molar-refractivity contribution is -0.141. The van der Waals surface area contributed by atoms with Crippen molar-refractivity contribution in [3.63, 3.8) is 0 Å². The van der Waals surface area contributed by atoms with Crippen LogP contribution in [-0.4, -0.2) is 45.2 Å². The fraction of sp³-hybridized carbons (Fsp3) is 0.300. The fourth-order valence-corrected chi connectivity index (χ4v) is 3.18. The summed E-state index contributed by atoms with van der Waals surface area (Å²) in [5.74, 6) is -1.38. The lowest BCUT2D eigenvalue weighted by Crippen LogP contribution is -2.34. The maximum atomic E-state index is 14.6. The normalized spacial score (nSPS) is 16.7. The summed E-state index contributed by atoms with van der Waals surface area (Å²) in [6.45, 7) is 1.76. The zero-order valence-electron chi connectivity index (χ0n) is 16.6. The number of anilines is 1. The quantitative estimate of drug-likeness (QED) is 0.581. The Morgan fingerprint density at radius 2 is 2.16 bits per heavy atom. The van der Waals surface area contributed by atoms with Gasteiger partial charge in [0.05, 0.1) is 48.9 Å². The number of morpholine rings is 1. The van der Waals surface area contributed by atoms with Crippen molar-refractivity contribution >= 4 is 11.6 Å². The number of carbonyl (C=O) groups excluding carboxylic acids is 1. The van der Waals surface area contributed by atoms with E-state index < -0.39 is 30.0 Å². The molecule has 1 saturated heterocycles. The van der Waals surface area contributed by atoms with Gasteiger partial charge in [-0.2, -0.15) is 13.2 Å². The van der Waals surface area contributed by atoms with Crippen molar-refractivity contribution in [1.29, 1.82) is 0 Å². The molecule has 3 aromatic rings. The minimum Gasteiger partial charge on any atom is -0.378 e. The van der Waals surface area contributed by atoms with Crippen LogP contribution in [0.5, 0.6) is 0 Å². The molecule has 0 radical (unpaired) electrons. The topological polar surface area (TPSA) is 94.0 Å². The van der Waals surface area contributed by atoms with Gasteiger partial charge in [0.25, 0.3) is 0 Å². The molecular formula is C20H18F4N6O2. The predicted octanol–water partition coefficient (Wildman–Crippen LogP) is 2.66. The summed E-state index contributed by atoms with van der Waals surface area (Å²) in [7, 11) is 0. The highest BCUT2D eigenvalue weighted by Crippen LogP contribution is 2.27. The summed E-state index contributed by atoms with van der Waals surface area (Å²) in [5.41, 5.74) is -0.411. The molecule has 0 aromatic carbocycles. The van der Waals surface area contributed by atoms with Gasteiger partial charge in [0.1, 0.15) is 12.0 Å². The molecule has 4 heterocycles. The van der Waals surface area contributed by atoms with E-state index in [2.05, 4.69) is 25.6 Å². The largest absolute Gasteiger partial charge is 0.433 e. The van der Waals surface area contributed by atoms with Crippen LogP contribution in [0, 0.1) is 5.82 Å². The first-order valence-electron chi connectivity index (χ1n) is 9.63. The van der Waals surface area contributed by atoms with Gasteiger partial charge in [-0.1, -0.05) is 6.07 Å². The minimum absolute atomic E-state index is 0.0157. The van der Waals surface area contributed by atoms with Crippen LogP contribution in [0.2, 0.25) is 0 Å². The van der Waals surface area contributed by atoms with Gasteiger partial charge in [0.2, 0.25) is 5.91 Å². The highest BCUT2D eigenvalue weighted by atomic mass is 19.4. The van der Waals surface area contributed by atoms with E-state index in [0.717, 1.165) is 12.1 Å². The number of hydrogen-bond acceptors (Lipinski definition) is 6. The predicted molar refractivity (Wildman–Crippen MR) is 104 cm³/mol. The summed E-state index contributed by atoms with van der Waals surface area (Å²) in [4.78, 5) is 23.9. The number of nitrogens with one attached hydrogen (secondary N) is 2. The first kappa shape index (κ1) is 21.8. The number of nitrogens with zero attached hydrogens (tertiary/aromatic N) is 4. The van der Waals surface area contributed by atoms with Crippen LogP contribution >= 0.6 is 0 Å². The van der Waals surface area contributed by atoms with Gasteiger partial charge >= 0.3 is 6.18 Å². The Morgan fingerprint density at radius 1 is 1.31 bits per heavy atom. The van der Waals surface area contributed by atoms with Crippen LogP contribution < -0.4 is 10.6 Å². The molecule has 1 amide bonds. The van der Waals surface area contributed by atoms with Gasteiger partial charge < -0.3 is 15.4 Å². The standard InChI is InChI=1S/C20H18F4N6O2/c21-14-6-13(29-18(31)7-12-2-1-3-17(28-12)20(22,23)24)8-26-19(14)30-9-15(27-11-30)16-10-32-5-4-25-16/h1-3,6,8-9,11,16,25H,4-5,7,10H2,(H,29,31)/t16-/m1/s1. The average molecular weight is 450 g/mol. The first-order chi connectivity index (χ1) is 15.3. The van der Waals surface area contributed by atoms with Crippen LogP contribution in [0.1, 0.15) is 23.1 Å². The van der Waals surface area contributed by atoms with Crippen molar-refractivity contribution in [1.82, 2.24) is 24.8 Å². The summed E-state index contributed by atoms with van der Waals surface area (Å²) in [6, 6.07) is 4.26. The average Bonchev–Trinajstić information content (AvgIpc) is 3.24. The van der Waals surface area contributed by atoms with Crippen molar-refractivity contribution in [2.45, 2.75) is 18.6 Å². The Labute approximate surface area is 179 Å². The summed E-state index contributed by atoms with van der Waals surface area (Å²) >= 11 is 0. The van der Waals surface area contributed by atoms with Gasteiger partial charge in [-0.3, -0.25) is 9.36 Å². The number of halogens is 4. The number of imidazole rings is 1. The van der Waals surface area contributed by atoms with Crippen molar-refractivity contribution < 1.29 is 27.1 Å². The molecule has 12 heteroatoms. The number of aromatic nitrogens is 4. The van der Waals surface area contributed by atoms with E-state index in [4.69, 9.17) is 4.74 Å². The highest BCUT2D eigenvalue weighted by Gasteiger charge is 2.32. The van der Waals surface area contributed by atoms with Crippen LogP contribution in [0.3, 0.4) is 0 Å². The maximum absolute atomic E-state index is 14.6. The Balaban J connectivity index is 1.42. The van der Waals surface area contributed by atoms with Crippen LogP contribution in [0.15, 0.2) is 43.0 Å². The number of carbonyl (C=O) groups is 1. The Bertz CT molecular complexity index is 1110. The molecule has 0 aliphatic carbocycles. The molecule has 3 aromatic heterocycles. The molecule has 168 valence electrons. The smallest absolute Gasteiger partial charge is 0.378 e. The minimum atomic E-state index is -4.61. The second-order valence-corrected chi connectivity index (χ2v) is 7.05. The van der Waals surface area contributed by atoms with E-state index in [-0.39, 0.29) is 23.2 Å². The molecule has 0 bridgehead atoms. The number of amides is 1. The Kier molecular flexibility index (Phi) is 6.15. The molecule has 1 atom stereocenters. The third kappa shape index (κ3) is 5.08. The van der Waals surface area contributed by atoms with E-state index in [1.54, 1.807) is 6.20 Å². The van der Waals surface area contributed by atoms with Gasteiger partial charge in [-0.15, -0.1) is 0 Å². The molecule has 0 saturated carbocycles. The van der Waals surface area contributed by atoms with E-state index in [1.807, 2.05) is 0 Å². The SMILES string of the molecule is O=C(Cc1cccc(C(F)(F)F)n1)Nc1cnc(-n2cnc([C@H]3COCCN3)c2)c(F)c1.